The van der Waals surface area contributed by atoms with Gasteiger partial charge in [0.2, 0.25) is 5.91 Å². The molecule has 7 heteroatoms. The van der Waals surface area contributed by atoms with Crippen molar-refractivity contribution in [1.82, 2.24) is 4.90 Å². The third-order valence-electron chi connectivity index (χ3n) is 5.62. The van der Waals surface area contributed by atoms with Crippen LogP contribution in [0, 0.1) is 12.7 Å². The summed E-state index contributed by atoms with van der Waals surface area (Å²) >= 11 is 0. The van der Waals surface area contributed by atoms with E-state index in [9.17, 15) is 18.8 Å². The molecule has 0 radical (unpaired) electrons. The molecule has 6 nitrogen and oxygen atoms in total. The van der Waals surface area contributed by atoms with E-state index in [0.29, 0.717) is 22.6 Å². The molecule has 0 aliphatic carbocycles. The molecule has 1 fully saturated rings. The van der Waals surface area contributed by atoms with Crippen molar-refractivity contribution in [1.29, 1.82) is 0 Å². The Labute approximate surface area is 191 Å². The molecular weight excluding hydrogens is 423 g/mol. The first kappa shape index (κ1) is 22.2. The van der Waals surface area contributed by atoms with Crippen molar-refractivity contribution in [2.24, 2.45) is 0 Å². The summed E-state index contributed by atoms with van der Waals surface area (Å²) in [5.41, 5.74) is 2.38. The third-order valence-corrected chi connectivity index (χ3v) is 5.62. The molecule has 4 rings (SSSR count). The second-order valence-corrected chi connectivity index (χ2v) is 7.91. The number of carbonyl (C=O) groups is 3. The van der Waals surface area contributed by atoms with Gasteiger partial charge >= 0.3 is 0 Å². The van der Waals surface area contributed by atoms with Crippen molar-refractivity contribution in [2.75, 3.05) is 12.0 Å². The van der Waals surface area contributed by atoms with Crippen molar-refractivity contribution >= 4 is 23.4 Å². The number of nitrogens with zero attached hydrogens (tertiary/aromatic N) is 2. The predicted octanol–water partition coefficient (Wildman–Crippen LogP) is 4.12. The fraction of sp³-hybridized carbons (Fsp3) is 0.192. The highest BCUT2D eigenvalue weighted by Crippen LogP contribution is 2.29. The molecule has 1 atom stereocenters. The topological polar surface area (TPSA) is 66.9 Å². The average molecular weight is 446 g/mol. The van der Waals surface area contributed by atoms with E-state index in [1.807, 2.05) is 13.0 Å². The van der Waals surface area contributed by atoms with Crippen molar-refractivity contribution in [3.8, 4) is 5.75 Å². The van der Waals surface area contributed by atoms with E-state index >= 15 is 0 Å². The van der Waals surface area contributed by atoms with Crippen molar-refractivity contribution < 1.29 is 23.5 Å². The maximum absolute atomic E-state index is 13.5. The third kappa shape index (κ3) is 4.62. The maximum atomic E-state index is 13.5. The summed E-state index contributed by atoms with van der Waals surface area (Å²) in [6.07, 6.45) is -0.135. The summed E-state index contributed by atoms with van der Waals surface area (Å²) in [5.74, 6) is -1.04. The Hall–Kier alpha value is -4.00. The molecule has 3 amide bonds. The van der Waals surface area contributed by atoms with E-state index in [4.69, 9.17) is 4.74 Å². The number of rotatable bonds is 6. The number of anilines is 1. The highest BCUT2D eigenvalue weighted by Gasteiger charge is 2.44. The molecule has 1 aliphatic heterocycles. The first-order valence-electron chi connectivity index (χ1n) is 10.5. The molecule has 1 unspecified atom stereocenters. The van der Waals surface area contributed by atoms with Gasteiger partial charge in [-0.2, -0.15) is 0 Å². The van der Waals surface area contributed by atoms with Crippen LogP contribution in [0.5, 0.6) is 5.75 Å². The van der Waals surface area contributed by atoms with Crippen molar-refractivity contribution in [3.63, 3.8) is 0 Å². The molecule has 168 valence electrons. The SMILES string of the molecule is COc1ccc(N2C(=O)CC(N(Cc3ccc(F)cc3)C(=O)c3cccc(C)c3)C2=O)cc1. The zero-order chi connectivity index (χ0) is 23.5. The van der Waals surface area contributed by atoms with E-state index in [2.05, 4.69) is 0 Å². The van der Waals surface area contributed by atoms with Gasteiger partial charge in [0.15, 0.2) is 0 Å². The van der Waals surface area contributed by atoms with Crippen LogP contribution < -0.4 is 9.64 Å². The van der Waals surface area contributed by atoms with Gasteiger partial charge < -0.3 is 9.64 Å². The van der Waals surface area contributed by atoms with Crippen LogP contribution in [-0.2, 0) is 16.1 Å². The Kier molecular flexibility index (Phi) is 6.22. The van der Waals surface area contributed by atoms with Gasteiger partial charge in [0, 0.05) is 12.1 Å². The molecule has 0 N–H and O–H groups in total. The Balaban J connectivity index is 1.68. The molecule has 3 aromatic rings. The number of imide groups is 1. The zero-order valence-corrected chi connectivity index (χ0v) is 18.3. The normalized spacial score (nSPS) is 15.6. The number of hydrogen-bond acceptors (Lipinski definition) is 4. The average Bonchev–Trinajstić information content (AvgIpc) is 3.11. The summed E-state index contributed by atoms with van der Waals surface area (Å²) in [7, 11) is 1.53. The Morgan fingerprint density at radius 3 is 2.39 bits per heavy atom. The molecule has 0 aromatic heterocycles. The molecule has 1 heterocycles. The monoisotopic (exact) mass is 446 g/mol. The number of ether oxygens (including phenoxy) is 1. The van der Waals surface area contributed by atoms with Gasteiger partial charge in [0.25, 0.3) is 11.8 Å². The molecule has 1 aliphatic rings. The number of aryl methyl sites for hydroxylation is 1. The highest BCUT2D eigenvalue weighted by molar-refractivity contribution is 6.23. The smallest absolute Gasteiger partial charge is 0.257 e. The number of benzene rings is 3. The van der Waals surface area contributed by atoms with Crippen LogP contribution >= 0.6 is 0 Å². The summed E-state index contributed by atoms with van der Waals surface area (Å²) in [5, 5.41) is 0. The van der Waals surface area contributed by atoms with Gasteiger partial charge in [-0.05, 0) is 61.0 Å². The zero-order valence-electron chi connectivity index (χ0n) is 18.3. The van der Waals surface area contributed by atoms with E-state index in [-0.39, 0.29) is 18.9 Å². The minimum atomic E-state index is -0.974. The lowest BCUT2D eigenvalue weighted by molar-refractivity contribution is -0.122. The summed E-state index contributed by atoms with van der Waals surface area (Å²) in [6.45, 7) is 1.93. The maximum Gasteiger partial charge on any atom is 0.257 e. The number of carbonyl (C=O) groups excluding carboxylic acids is 3. The van der Waals surface area contributed by atoms with E-state index in [0.717, 1.165) is 10.5 Å². The minimum Gasteiger partial charge on any atom is -0.497 e. The number of amides is 3. The summed E-state index contributed by atoms with van der Waals surface area (Å²) < 4.78 is 18.5. The number of methoxy groups -OCH3 is 1. The number of halogens is 1. The van der Waals surface area contributed by atoms with Gasteiger partial charge in [-0.3, -0.25) is 14.4 Å². The number of hydrogen-bond donors (Lipinski definition) is 0. The predicted molar refractivity (Wildman–Crippen MR) is 121 cm³/mol. The van der Waals surface area contributed by atoms with Crippen LogP contribution in [0.4, 0.5) is 10.1 Å². The van der Waals surface area contributed by atoms with Gasteiger partial charge in [0.05, 0.1) is 19.2 Å². The lowest BCUT2D eigenvalue weighted by atomic mass is 10.1. The highest BCUT2D eigenvalue weighted by atomic mass is 19.1. The van der Waals surface area contributed by atoms with Crippen LogP contribution in [0.1, 0.15) is 27.9 Å². The summed E-state index contributed by atoms with van der Waals surface area (Å²) in [4.78, 5) is 42.2. The molecular formula is C26H23FN2O4. The second-order valence-electron chi connectivity index (χ2n) is 7.91. The Bertz CT molecular complexity index is 1190. The fourth-order valence-electron chi connectivity index (χ4n) is 3.92. The van der Waals surface area contributed by atoms with Gasteiger partial charge in [0.1, 0.15) is 17.6 Å². The largest absolute Gasteiger partial charge is 0.497 e. The minimum absolute atomic E-state index is 0.0627. The van der Waals surface area contributed by atoms with Gasteiger partial charge in [-0.25, -0.2) is 9.29 Å². The standard InChI is InChI=1S/C26H23FN2O4/c1-17-4-3-5-19(14-17)25(31)28(16-18-6-8-20(27)9-7-18)23-15-24(30)29(26(23)32)21-10-12-22(33-2)13-11-21/h3-14,23H,15-16H2,1-2H3. The Morgan fingerprint density at radius 2 is 1.76 bits per heavy atom. The quantitative estimate of drug-likeness (QED) is 0.535. The molecule has 0 bridgehead atoms. The van der Waals surface area contributed by atoms with Crippen molar-refractivity contribution in [3.05, 3.63) is 95.3 Å². The Morgan fingerprint density at radius 1 is 1.06 bits per heavy atom. The van der Waals surface area contributed by atoms with Gasteiger partial charge in [-0.15, -0.1) is 0 Å². The summed E-state index contributed by atoms with van der Waals surface area (Å²) in [6, 6.07) is 18.4. The van der Waals surface area contributed by atoms with Crippen LogP contribution in [0.15, 0.2) is 72.8 Å². The molecule has 3 aromatic carbocycles. The lowest BCUT2D eigenvalue weighted by Gasteiger charge is -2.28. The van der Waals surface area contributed by atoms with E-state index in [1.165, 1.54) is 24.1 Å². The first-order chi connectivity index (χ1) is 15.9. The molecule has 0 spiro atoms. The second kappa shape index (κ2) is 9.24. The van der Waals surface area contributed by atoms with Crippen molar-refractivity contribution in [2.45, 2.75) is 25.9 Å². The molecule has 1 saturated heterocycles. The van der Waals surface area contributed by atoms with E-state index < -0.39 is 23.7 Å². The van der Waals surface area contributed by atoms with E-state index in [1.54, 1.807) is 54.6 Å². The molecule has 0 saturated carbocycles. The lowest BCUT2D eigenvalue weighted by Crippen LogP contribution is -2.45. The van der Waals surface area contributed by atoms with Crippen LogP contribution in [0.3, 0.4) is 0 Å². The molecule has 33 heavy (non-hydrogen) atoms. The fourth-order valence-corrected chi connectivity index (χ4v) is 3.92. The van der Waals surface area contributed by atoms with Crippen LogP contribution in [0.25, 0.3) is 0 Å². The van der Waals surface area contributed by atoms with Crippen LogP contribution in [-0.4, -0.2) is 35.8 Å². The first-order valence-corrected chi connectivity index (χ1v) is 10.5. The van der Waals surface area contributed by atoms with Gasteiger partial charge in [-0.1, -0.05) is 29.8 Å². The van der Waals surface area contributed by atoms with Crippen LogP contribution in [0.2, 0.25) is 0 Å².